The van der Waals surface area contributed by atoms with Crippen LogP contribution in [0.2, 0.25) is 0 Å². The lowest BCUT2D eigenvalue weighted by molar-refractivity contribution is 0.102. The van der Waals surface area contributed by atoms with E-state index in [1.54, 1.807) is 23.9 Å². The Bertz CT molecular complexity index is 965. The maximum absolute atomic E-state index is 13.0. The molecule has 0 radical (unpaired) electrons. The summed E-state index contributed by atoms with van der Waals surface area (Å²) < 4.78 is 27.6. The Balaban J connectivity index is 1.85. The van der Waals surface area contributed by atoms with Crippen molar-refractivity contribution in [2.75, 3.05) is 24.7 Å². The smallest absolute Gasteiger partial charge is 0.255 e. The molecule has 0 aromatic heterocycles. The number of nitrogens with zero attached hydrogens (tertiary/aromatic N) is 1. The van der Waals surface area contributed by atoms with E-state index in [-0.39, 0.29) is 10.8 Å². The minimum absolute atomic E-state index is 0.177. The Hall–Kier alpha value is -1.83. The molecule has 1 heterocycles. The van der Waals surface area contributed by atoms with E-state index in [9.17, 15) is 13.2 Å². The lowest BCUT2D eigenvalue weighted by atomic mass is 10.0. The van der Waals surface area contributed by atoms with Crippen LogP contribution in [-0.4, -0.2) is 38.0 Å². The summed E-state index contributed by atoms with van der Waals surface area (Å²) >= 11 is 1.59. The van der Waals surface area contributed by atoms with Gasteiger partial charge in [0, 0.05) is 29.2 Å². The van der Waals surface area contributed by atoms with Crippen LogP contribution in [0.5, 0.6) is 0 Å². The number of aryl methyl sites for hydroxylation is 1. The van der Waals surface area contributed by atoms with Gasteiger partial charge in [0.2, 0.25) is 10.0 Å². The summed E-state index contributed by atoms with van der Waals surface area (Å²) in [7, 11) is -3.59. The van der Waals surface area contributed by atoms with Crippen LogP contribution in [0.25, 0.3) is 0 Å². The molecule has 0 aliphatic carbocycles. The third kappa shape index (κ3) is 4.59. The first-order valence-corrected chi connectivity index (χ1v) is 12.0. The number of piperidine rings is 1. The molecule has 1 aliphatic heterocycles. The highest BCUT2D eigenvalue weighted by Gasteiger charge is 2.28. The monoisotopic (exact) mass is 418 g/mol. The standard InChI is InChI=1S/C21H26N2O3S2/c1-15-9-11-23(12-10-15)28(25,26)19-8-7-16(2)20(14-19)21(24)22-17-5-4-6-18(13-17)27-3/h4-8,13-15H,9-12H2,1-3H3,(H,22,24). The molecule has 0 saturated carbocycles. The van der Waals surface area contributed by atoms with Crippen LogP contribution in [0.4, 0.5) is 5.69 Å². The number of sulfonamides is 1. The van der Waals surface area contributed by atoms with Gasteiger partial charge < -0.3 is 5.32 Å². The molecular weight excluding hydrogens is 392 g/mol. The number of hydrogen-bond acceptors (Lipinski definition) is 4. The van der Waals surface area contributed by atoms with Crippen molar-refractivity contribution in [1.29, 1.82) is 0 Å². The number of amides is 1. The number of hydrogen-bond donors (Lipinski definition) is 1. The summed E-state index contributed by atoms with van der Waals surface area (Å²) in [5.74, 6) is 0.239. The molecule has 5 nitrogen and oxygen atoms in total. The molecule has 1 fully saturated rings. The van der Waals surface area contributed by atoms with Gasteiger partial charge in [-0.2, -0.15) is 4.31 Å². The number of carbonyl (C=O) groups is 1. The van der Waals surface area contributed by atoms with Gasteiger partial charge in [0.25, 0.3) is 5.91 Å². The molecule has 28 heavy (non-hydrogen) atoms. The second kappa shape index (κ2) is 8.68. The Kier molecular flexibility index (Phi) is 6.47. The van der Waals surface area contributed by atoms with Crippen LogP contribution in [0.3, 0.4) is 0 Å². The van der Waals surface area contributed by atoms with E-state index in [1.165, 1.54) is 10.4 Å². The average molecular weight is 419 g/mol. The van der Waals surface area contributed by atoms with E-state index >= 15 is 0 Å². The second-order valence-electron chi connectivity index (χ2n) is 7.25. The lowest BCUT2D eigenvalue weighted by Crippen LogP contribution is -2.38. The van der Waals surface area contributed by atoms with Gasteiger partial charge in [0.05, 0.1) is 4.90 Å². The van der Waals surface area contributed by atoms with Crippen molar-refractivity contribution in [2.24, 2.45) is 5.92 Å². The van der Waals surface area contributed by atoms with E-state index in [2.05, 4.69) is 12.2 Å². The molecule has 1 saturated heterocycles. The Morgan fingerprint density at radius 2 is 1.86 bits per heavy atom. The zero-order chi connectivity index (χ0) is 20.3. The van der Waals surface area contributed by atoms with Crippen molar-refractivity contribution in [3.8, 4) is 0 Å². The fourth-order valence-corrected chi connectivity index (χ4v) is 5.24. The summed E-state index contributed by atoms with van der Waals surface area (Å²) in [4.78, 5) is 14.0. The molecule has 2 aromatic carbocycles. The van der Waals surface area contributed by atoms with E-state index in [0.717, 1.165) is 23.3 Å². The van der Waals surface area contributed by atoms with E-state index < -0.39 is 10.0 Å². The van der Waals surface area contributed by atoms with Crippen molar-refractivity contribution < 1.29 is 13.2 Å². The molecule has 1 amide bonds. The van der Waals surface area contributed by atoms with Crippen molar-refractivity contribution in [3.05, 3.63) is 53.6 Å². The van der Waals surface area contributed by atoms with Gasteiger partial charge in [0.15, 0.2) is 0 Å². The molecule has 0 atom stereocenters. The summed E-state index contributed by atoms with van der Waals surface area (Å²) in [5.41, 5.74) is 1.81. The maximum Gasteiger partial charge on any atom is 0.255 e. The van der Waals surface area contributed by atoms with Gasteiger partial charge in [-0.05, 0) is 67.8 Å². The molecule has 0 spiro atoms. The number of nitrogens with one attached hydrogen (secondary N) is 1. The zero-order valence-corrected chi connectivity index (χ0v) is 18.1. The normalized spacial score (nSPS) is 16.1. The highest BCUT2D eigenvalue weighted by atomic mass is 32.2. The van der Waals surface area contributed by atoms with Gasteiger partial charge in [0.1, 0.15) is 0 Å². The van der Waals surface area contributed by atoms with Crippen molar-refractivity contribution in [3.63, 3.8) is 0 Å². The molecule has 0 unspecified atom stereocenters. The summed E-state index contributed by atoms with van der Waals surface area (Å²) in [6.45, 7) is 5.01. The fourth-order valence-electron chi connectivity index (χ4n) is 3.28. The number of anilines is 1. The highest BCUT2D eigenvalue weighted by molar-refractivity contribution is 7.98. The van der Waals surface area contributed by atoms with Crippen LogP contribution >= 0.6 is 11.8 Å². The number of benzene rings is 2. The van der Waals surface area contributed by atoms with E-state index in [1.807, 2.05) is 37.4 Å². The van der Waals surface area contributed by atoms with E-state index in [4.69, 9.17) is 0 Å². The molecule has 3 rings (SSSR count). The first-order chi connectivity index (χ1) is 13.3. The quantitative estimate of drug-likeness (QED) is 0.732. The third-order valence-electron chi connectivity index (χ3n) is 5.16. The minimum atomic E-state index is -3.59. The van der Waals surface area contributed by atoms with Gasteiger partial charge in [-0.1, -0.05) is 19.1 Å². The molecular formula is C21H26N2O3S2. The predicted molar refractivity (Wildman–Crippen MR) is 115 cm³/mol. The van der Waals surface area contributed by atoms with Crippen molar-refractivity contribution >= 4 is 33.4 Å². The first kappa shape index (κ1) is 20.9. The van der Waals surface area contributed by atoms with Gasteiger partial charge in [-0.25, -0.2) is 8.42 Å². The third-order valence-corrected chi connectivity index (χ3v) is 7.78. The summed E-state index contributed by atoms with van der Waals surface area (Å²) in [6, 6.07) is 12.4. The van der Waals surface area contributed by atoms with Crippen LogP contribution in [0.1, 0.15) is 35.7 Å². The number of carbonyl (C=O) groups excluding carboxylic acids is 1. The Morgan fingerprint density at radius 1 is 1.14 bits per heavy atom. The van der Waals surface area contributed by atoms with Crippen molar-refractivity contribution in [2.45, 2.75) is 36.5 Å². The largest absolute Gasteiger partial charge is 0.322 e. The Morgan fingerprint density at radius 3 is 2.54 bits per heavy atom. The van der Waals surface area contributed by atoms with Crippen molar-refractivity contribution in [1.82, 2.24) is 4.31 Å². The van der Waals surface area contributed by atoms with Gasteiger partial charge >= 0.3 is 0 Å². The van der Waals surface area contributed by atoms with Crippen LogP contribution in [-0.2, 0) is 10.0 Å². The molecule has 0 bridgehead atoms. The summed E-state index contributed by atoms with van der Waals surface area (Å²) in [5, 5.41) is 2.88. The molecule has 1 N–H and O–H groups in total. The maximum atomic E-state index is 13.0. The van der Waals surface area contributed by atoms with E-state index in [0.29, 0.717) is 30.3 Å². The van der Waals surface area contributed by atoms with Crippen LogP contribution < -0.4 is 5.32 Å². The molecule has 150 valence electrons. The number of thioether (sulfide) groups is 1. The molecule has 7 heteroatoms. The minimum Gasteiger partial charge on any atom is -0.322 e. The van der Waals surface area contributed by atoms with Gasteiger partial charge in [-0.3, -0.25) is 4.79 Å². The molecule has 2 aromatic rings. The second-order valence-corrected chi connectivity index (χ2v) is 10.1. The SMILES string of the molecule is CSc1cccc(NC(=O)c2cc(S(=O)(=O)N3CCC(C)CC3)ccc2C)c1. The predicted octanol–water partition coefficient (Wildman–Crippen LogP) is 4.39. The highest BCUT2D eigenvalue weighted by Crippen LogP contribution is 2.26. The number of rotatable bonds is 5. The topological polar surface area (TPSA) is 66.5 Å². The lowest BCUT2D eigenvalue weighted by Gasteiger charge is -2.29. The van der Waals surface area contributed by atoms with Crippen LogP contribution in [0, 0.1) is 12.8 Å². The zero-order valence-electron chi connectivity index (χ0n) is 16.4. The van der Waals surface area contributed by atoms with Gasteiger partial charge in [-0.15, -0.1) is 11.8 Å². The van der Waals surface area contributed by atoms with Crippen LogP contribution in [0.15, 0.2) is 52.3 Å². The summed E-state index contributed by atoms with van der Waals surface area (Å²) in [6.07, 6.45) is 3.70. The Labute approximate surface area is 171 Å². The molecule has 1 aliphatic rings. The average Bonchev–Trinajstić information content (AvgIpc) is 2.68. The first-order valence-electron chi connectivity index (χ1n) is 9.37. The fraction of sp³-hybridized carbons (Fsp3) is 0.381.